The monoisotopic (exact) mass is 903 g/mol. The zero-order valence-electron chi connectivity index (χ0n) is 38.4. The van der Waals surface area contributed by atoms with Crippen LogP contribution in [0.2, 0.25) is 0 Å². The quantitative estimate of drug-likeness (QED) is 0.175. The van der Waals surface area contributed by atoms with Gasteiger partial charge in [0.05, 0.1) is 5.52 Å². The van der Waals surface area contributed by atoms with Gasteiger partial charge in [0.1, 0.15) is 0 Å². The molecule has 1 aliphatic heterocycles. The van der Waals surface area contributed by atoms with E-state index in [1.807, 2.05) is 34.0 Å². The topological polar surface area (TPSA) is 17.0 Å². The molecule has 8 aromatic carbocycles. The Hall–Kier alpha value is -5.92. The number of hydrogen-bond acceptors (Lipinski definition) is 4. The summed E-state index contributed by atoms with van der Waals surface area (Å²) in [6.45, 7) is 16.6. The van der Waals surface area contributed by atoms with Gasteiger partial charge in [0, 0.05) is 94.0 Å². The molecule has 0 saturated heterocycles. The summed E-state index contributed by atoms with van der Waals surface area (Å²) >= 11 is 5.76. The highest BCUT2D eigenvalue weighted by atomic mass is 32.1. The van der Waals surface area contributed by atoms with Gasteiger partial charge in [0.25, 0.3) is 0 Å². The van der Waals surface area contributed by atoms with E-state index in [9.17, 15) is 0 Å². The number of fused-ring (bicyclic) bond motifs is 15. The Morgan fingerprint density at radius 1 is 0.515 bits per heavy atom. The van der Waals surface area contributed by atoms with Gasteiger partial charge in [-0.3, -0.25) is 0 Å². The first-order chi connectivity index (χ1) is 31.8. The Bertz CT molecular complexity index is 4090. The average molecular weight is 904 g/mol. The summed E-state index contributed by atoms with van der Waals surface area (Å²) in [6.07, 6.45) is 2.41. The van der Waals surface area contributed by atoms with Crippen molar-refractivity contribution >= 4 is 146 Å². The predicted octanol–water partition coefficient (Wildman–Crippen LogP) is 16.9. The number of nitrogens with zero attached hydrogens (tertiary/aromatic N) is 1. The molecule has 0 atom stereocenters. The third-order valence-corrected chi connectivity index (χ3v) is 18.8. The van der Waals surface area contributed by atoms with Gasteiger partial charge in [-0.15, -0.1) is 34.0 Å². The van der Waals surface area contributed by atoms with E-state index in [4.69, 9.17) is 0 Å². The van der Waals surface area contributed by atoms with Crippen LogP contribution >= 0.6 is 34.0 Å². The number of aromatic nitrogens is 1. The number of benzene rings is 8. The van der Waals surface area contributed by atoms with Gasteiger partial charge < -0.3 is 9.88 Å². The largest absolute Gasteiger partial charge is 0.355 e. The van der Waals surface area contributed by atoms with Crippen molar-refractivity contribution in [2.45, 2.75) is 77.6 Å². The predicted molar refractivity (Wildman–Crippen MR) is 294 cm³/mol. The van der Waals surface area contributed by atoms with Crippen LogP contribution in [0, 0.1) is 0 Å². The van der Waals surface area contributed by atoms with E-state index >= 15 is 0 Å². The van der Waals surface area contributed by atoms with Crippen LogP contribution in [0.15, 0.2) is 133 Å². The number of thiophene rings is 3. The molecule has 5 heterocycles. The fraction of sp³-hybridized carbons (Fsp3) is 0.200. The zero-order chi connectivity index (χ0) is 44.6. The molecule has 4 aromatic heterocycles. The molecule has 1 radical (unpaired) electrons. The highest BCUT2D eigenvalue weighted by Crippen LogP contribution is 2.51. The van der Waals surface area contributed by atoms with Crippen molar-refractivity contribution in [1.29, 1.82) is 0 Å². The Balaban J connectivity index is 1.06. The molecule has 0 bridgehead atoms. The summed E-state index contributed by atoms with van der Waals surface area (Å²) < 4.78 is 10.6. The number of nitrogens with one attached hydrogen (secondary N) is 1. The summed E-state index contributed by atoms with van der Waals surface area (Å²) in [4.78, 5) is 0. The molecule has 66 heavy (non-hydrogen) atoms. The second-order valence-electron chi connectivity index (χ2n) is 21.5. The molecule has 2 aliphatic rings. The van der Waals surface area contributed by atoms with Crippen LogP contribution in [-0.4, -0.2) is 11.8 Å². The van der Waals surface area contributed by atoms with Crippen LogP contribution in [0.5, 0.6) is 0 Å². The summed E-state index contributed by atoms with van der Waals surface area (Å²) in [5.41, 5.74) is 15.8. The lowest BCUT2D eigenvalue weighted by Gasteiger charge is -2.41. The molecule has 12 aromatic rings. The average Bonchev–Trinajstić information content (AvgIpc) is 4.05. The number of rotatable bonds is 3. The molecule has 319 valence electrons. The normalized spacial score (nSPS) is 15.4. The van der Waals surface area contributed by atoms with Gasteiger partial charge in [-0.25, -0.2) is 0 Å². The molecule has 2 nitrogen and oxygen atoms in total. The van der Waals surface area contributed by atoms with Crippen molar-refractivity contribution in [3.8, 4) is 16.8 Å². The molecule has 0 amide bonds. The highest BCUT2D eigenvalue weighted by molar-refractivity contribution is 7.26. The van der Waals surface area contributed by atoms with Crippen LogP contribution in [0.3, 0.4) is 0 Å². The second kappa shape index (κ2) is 13.4. The maximum atomic E-state index is 4.03. The SMILES string of the molecule is CC(C)(C)c1ccc(Nc2cc3c(cc2-c2ccc4c5cc6c(cc5n5c4c2[B]c2cc4c(cc2-5)sc2ccccc24)sc2ccccc26)sc2cc4c(cc23)C(C)(C)CCC4(C)C)cc1. The summed E-state index contributed by atoms with van der Waals surface area (Å²) in [7, 11) is 2.50. The van der Waals surface area contributed by atoms with Crippen molar-refractivity contribution in [2.75, 3.05) is 5.32 Å². The van der Waals surface area contributed by atoms with Crippen molar-refractivity contribution in [2.24, 2.45) is 0 Å². The van der Waals surface area contributed by atoms with E-state index in [1.165, 1.54) is 140 Å². The molecule has 0 spiro atoms. The standard InChI is InChI=1S/C60H48BN2S3/c1-58(2,3)32-16-18-33(19-17-32)62-47-27-43-41-25-44-45(60(6,7)23-22-59(44,4)5)29-53(41)66-52(43)28-38(47)36-20-21-37-39-24-40-34-12-8-10-14-50(34)64-54(40)30-48(39)63-49-31-55-42(26-46(49)61-56(36)57(37)63)35-13-9-11-15-51(35)65-55/h8-21,24-31,62H,22-23H2,1-7H3. The first-order valence-corrected chi connectivity index (χ1v) is 25.9. The Kier molecular flexibility index (Phi) is 7.96. The molecule has 6 heteroatoms. The summed E-state index contributed by atoms with van der Waals surface area (Å²) in [5, 5.41) is 14.7. The van der Waals surface area contributed by atoms with E-state index in [-0.39, 0.29) is 16.2 Å². The van der Waals surface area contributed by atoms with Crippen LogP contribution in [0.1, 0.15) is 78.0 Å². The van der Waals surface area contributed by atoms with E-state index < -0.39 is 0 Å². The molecule has 0 fully saturated rings. The highest BCUT2D eigenvalue weighted by Gasteiger charge is 2.38. The van der Waals surface area contributed by atoms with Crippen molar-refractivity contribution in [1.82, 2.24) is 4.57 Å². The van der Waals surface area contributed by atoms with Crippen LogP contribution in [-0.2, 0) is 16.2 Å². The summed E-state index contributed by atoms with van der Waals surface area (Å²) in [5.74, 6) is 0. The smallest absolute Gasteiger partial charge is 0.197 e. The third kappa shape index (κ3) is 5.59. The molecule has 1 aliphatic carbocycles. The van der Waals surface area contributed by atoms with E-state index in [0.29, 0.717) is 0 Å². The first-order valence-electron chi connectivity index (χ1n) is 23.4. The van der Waals surface area contributed by atoms with E-state index in [2.05, 4.69) is 199 Å². The van der Waals surface area contributed by atoms with Crippen molar-refractivity contribution < 1.29 is 0 Å². The number of hydrogen-bond donors (Lipinski definition) is 1. The molecule has 0 saturated carbocycles. The minimum atomic E-state index is 0.0748. The van der Waals surface area contributed by atoms with Gasteiger partial charge >= 0.3 is 0 Å². The van der Waals surface area contributed by atoms with Crippen LogP contribution in [0.25, 0.3) is 99.1 Å². The van der Waals surface area contributed by atoms with E-state index in [0.717, 1.165) is 11.4 Å². The van der Waals surface area contributed by atoms with Crippen molar-refractivity contribution in [3.05, 3.63) is 150 Å². The minimum absolute atomic E-state index is 0.0748. The fourth-order valence-electron chi connectivity index (χ4n) is 11.6. The van der Waals surface area contributed by atoms with E-state index in [1.54, 1.807) is 0 Å². The Labute approximate surface area is 397 Å². The Morgan fingerprint density at radius 2 is 1.11 bits per heavy atom. The number of anilines is 2. The van der Waals surface area contributed by atoms with Gasteiger partial charge in [-0.05, 0) is 129 Å². The Morgan fingerprint density at radius 3 is 1.82 bits per heavy atom. The van der Waals surface area contributed by atoms with Gasteiger partial charge in [-0.2, -0.15) is 0 Å². The minimum Gasteiger partial charge on any atom is -0.355 e. The maximum absolute atomic E-state index is 4.03. The van der Waals surface area contributed by atoms with Gasteiger partial charge in [0.15, 0.2) is 7.28 Å². The molecule has 14 rings (SSSR count). The van der Waals surface area contributed by atoms with Crippen LogP contribution < -0.4 is 16.2 Å². The lowest BCUT2D eigenvalue weighted by molar-refractivity contribution is 0.332. The second-order valence-corrected chi connectivity index (χ2v) is 24.7. The van der Waals surface area contributed by atoms with Crippen LogP contribution in [0.4, 0.5) is 11.4 Å². The fourth-order valence-corrected chi connectivity index (χ4v) is 15.0. The van der Waals surface area contributed by atoms with Gasteiger partial charge in [-0.1, -0.05) is 121 Å². The first kappa shape index (κ1) is 39.3. The summed E-state index contributed by atoms with van der Waals surface area (Å²) in [6, 6.07) is 51.7. The lowest BCUT2D eigenvalue weighted by atomic mass is 9.59. The lowest BCUT2D eigenvalue weighted by Crippen LogP contribution is -2.37. The molecular formula is C60H48BN2S3. The molecule has 0 unspecified atom stereocenters. The zero-order valence-corrected chi connectivity index (χ0v) is 40.8. The third-order valence-electron chi connectivity index (χ3n) is 15.4. The van der Waals surface area contributed by atoms with Crippen molar-refractivity contribution in [3.63, 3.8) is 0 Å². The molecular weight excluding hydrogens is 856 g/mol. The van der Waals surface area contributed by atoms with Gasteiger partial charge in [0.2, 0.25) is 0 Å². The maximum Gasteiger partial charge on any atom is 0.197 e. The molecule has 1 N–H and O–H groups in total.